The van der Waals surface area contributed by atoms with Crippen LogP contribution in [0.1, 0.15) is 252 Å². The van der Waals surface area contributed by atoms with Crippen LogP contribution in [0, 0.1) is 0 Å². The third-order valence-corrected chi connectivity index (χ3v) is 11.8. The van der Waals surface area contributed by atoms with Gasteiger partial charge in [0.25, 0.3) is 0 Å². The molecular weight excluding hydrogens is 699 g/mol. The Kier molecular flexibility index (Phi) is 35.9. The Bertz CT molecular complexity index is 867. The van der Waals surface area contributed by atoms with Gasteiger partial charge in [-0.3, -0.25) is 9.59 Å². The number of carbonyl (C=O) groups is 2. The first-order valence-corrected chi connectivity index (χ1v) is 24.7. The highest BCUT2D eigenvalue weighted by atomic mass is 16.7. The van der Waals surface area contributed by atoms with Crippen LogP contribution in [0.2, 0.25) is 0 Å². The number of unbranched alkanes of at least 4 members (excludes halogenated alkanes) is 24. The maximum absolute atomic E-state index is 12.9. The standard InChI is InChI=1S/C49H95NO6/c1-6-9-12-15-18-19-20-26-34-43-53-47(51)37-31-27-33-41-49(54-44-46(56-49)39-42-50(4)5)40-32-25-21-24-30-38-48(52)55-45(35-28-22-16-13-10-7-2)36-29-23-17-14-11-8-3/h45-46H,6-44H2,1-5H3. The van der Waals surface area contributed by atoms with Gasteiger partial charge in [0.15, 0.2) is 5.79 Å². The highest BCUT2D eigenvalue weighted by Gasteiger charge is 2.40. The third kappa shape index (κ3) is 31.8. The minimum Gasteiger partial charge on any atom is -0.466 e. The van der Waals surface area contributed by atoms with Crippen LogP contribution in [0.3, 0.4) is 0 Å². The van der Waals surface area contributed by atoms with Crippen LogP contribution in [0.5, 0.6) is 0 Å². The van der Waals surface area contributed by atoms with Gasteiger partial charge in [-0.15, -0.1) is 0 Å². The zero-order valence-electron chi connectivity index (χ0n) is 38.1. The minimum atomic E-state index is -0.502. The summed E-state index contributed by atoms with van der Waals surface area (Å²) in [5, 5.41) is 0. The van der Waals surface area contributed by atoms with Gasteiger partial charge in [-0.1, -0.05) is 162 Å². The molecule has 332 valence electrons. The number of hydrogen-bond acceptors (Lipinski definition) is 7. The minimum absolute atomic E-state index is 0.00880. The molecule has 1 saturated heterocycles. The van der Waals surface area contributed by atoms with Gasteiger partial charge in [-0.2, -0.15) is 0 Å². The molecule has 0 spiro atoms. The van der Waals surface area contributed by atoms with Crippen molar-refractivity contribution < 1.29 is 28.5 Å². The smallest absolute Gasteiger partial charge is 0.306 e. The molecule has 0 N–H and O–H groups in total. The van der Waals surface area contributed by atoms with E-state index in [1.807, 2.05) is 0 Å². The molecule has 2 unspecified atom stereocenters. The summed E-state index contributed by atoms with van der Waals surface area (Å²) < 4.78 is 24.7. The maximum atomic E-state index is 12.9. The Morgan fingerprint density at radius 3 is 1.52 bits per heavy atom. The molecule has 7 heteroatoms. The zero-order valence-corrected chi connectivity index (χ0v) is 38.1. The Morgan fingerprint density at radius 1 is 0.571 bits per heavy atom. The van der Waals surface area contributed by atoms with Crippen molar-refractivity contribution >= 4 is 11.9 Å². The molecule has 0 bridgehead atoms. The summed E-state index contributed by atoms with van der Waals surface area (Å²) in [6, 6.07) is 0. The summed E-state index contributed by atoms with van der Waals surface area (Å²) in [6.45, 7) is 9.01. The second-order valence-electron chi connectivity index (χ2n) is 17.7. The van der Waals surface area contributed by atoms with E-state index >= 15 is 0 Å². The van der Waals surface area contributed by atoms with Crippen molar-refractivity contribution in [3.8, 4) is 0 Å². The van der Waals surface area contributed by atoms with Gasteiger partial charge in [-0.25, -0.2) is 0 Å². The van der Waals surface area contributed by atoms with E-state index in [4.69, 9.17) is 18.9 Å². The summed E-state index contributed by atoms with van der Waals surface area (Å²) in [7, 11) is 4.21. The highest BCUT2D eigenvalue weighted by molar-refractivity contribution is 5.69. The van der Waals surface area contributed by atoms with Crippen molar-refractivity contribution in [3.63, 3.8) is 0 Å². The predicted octanol–water partition coefficient (Wildman–Crippen LogP) is 14.2. The summed E-state index contributed by atoms with van der Waals surface area (Å²) in [4.78, 5) is 27.4. The van der Waals surface area contributed by atoms with Crippen LogP contribution >= 0.6 is 0 Å². The van der Waals surface area contributed by atoms with Crippen molar-refractivity contribution in [3.05, 3.63) is 0 Å². The lowest BCUT2D eigenvalue weighted by Gasteiger charge is -2.28. The third-order valence-electron chi connectivity index (χ3n) is 11.8. The van der Waals surface area contributed by atoms with Gasteiger partial charge in [0.2, 0.25) is 0 Å². The van der Waals surface area contributed by atoms with Gasteiger partial charge in [-0.05, 0) is 78.3 Å². The van der Waals surface area contributed by atoms with Gasteiger partial charge in [0.1, 0.15) is 6.10 Å². The van der Waals surface area contributed by atoms with Gasteiger partial charge in [0, 0.05) is 32.2 Å². The molecule has 0 saturated carbocycles. The molecule has 0 aromatic carbocycles. The van der Waals surface area contributed by atoms with Crippen LogP contribution in [-0.4, -0.2) is 68.7 Å². The highest BCUT2D eigenvalue weighted by Crippen LogP contribution is 2.35. The fraction of sp³-hybridized carbons (Fsp3) is 0.959. The lowest BCUT2D eigenvalue weighted by molar-refractivity contribution is -0.180. The summed E-state index contributed by atoms with van der Waals surface area (Å²) in [5.74, 6) is -0.543. The monoisotopic (exact) mass is 794 g/mol. The van der Waals surface area contributed by atoms with Crippen LogP contribution in [0.25, 0.3) is 0 Å². The summed E-state index contributed by atoms with van der Waals surface area (Å²) in [5.41, 5.74) is 0. The number of carbonyl (C=O) groups excluding carboxylic acids is 2. The van der Waals surface area contributed by atoms with Crippen LogP contribution in [0.15, 0.2) is 0 Å². The van der Waals surface area contributed by atoms with Gasteiger partial charge >= 0.3 is 11.9 Å². The quantitative estimate of drug-likeness (QED) is 0.0450. The Hall–Kier alpha value is -1.18. The van der Waals surface area contributed by atoms with E-state index in [-0.39, 0.29) is 24.1 Å². The number of nitrogens with zero attached hydrogens (tertiary/aromatic N) is 1. The first kappa shape index (κ1) is 52.8. The molecule has 0 aromatic heterocycles. The summed E-state index contributed by atoms with van der Waals surface area (Å²) in [6.07, 6.45) is 41.0. The summed E-state index contributed by atoms with van der Waals surface area (Å²) >= 11 is 0. The lowest BCUT2D eigenvalue weighted by Crippen LogP contribution is -2.31. The van der Waals surface area contributed by atoms with E-state index in [1.165, 1.54) is 122 Å². The molecule has 0 amide bonds. The van der Waals surface area contributed by atoms with Crippen LogP contribution in [-0.2, 0) is 28.5 Å². The Labute approximate surface area is 348 Å². The molecule has 1 aliphatic heterocycles. The largest absolute Gasteiger partial charge is 0.466 e. The molecule has 7 nitrogen and oxygen atoms in total. The fourth-order valence-electron chi connectivity index (χ4n) is 8.07. The van der Waals surface area contributed by atoms with Gasteiger partial charge < -0.3 is 23.8 Å². The Balaban J connectivity index is 2.33. The lowest BCUT2D eigenvalue weighted by atomic mass is 9.99. The van der Waals surface area contributed by atoms with Crippen LogP contribution in [0.4, 0.5) is 0 Å². The van der Waals surface area contributed by atoms with E-state index in [1.54, 1.807) is 0 Å². The second kappa shape index (κ2) is 38.0. The maximum Gasteiger partial charge on any atom is 0.306 e. The normalized spacial score (nSPS) is 17.0. The SMILES string of the molecule is CCCCCCCCCCCOC(=O)CCCCCC1(CCCCCCCC(=O)OC(CCCCCCCC)CCCCCCCC)OCC(CCN(C)C)O1. The first-order chi connectivity index (χ1) is 27.3. The van der Waals surface area contributed by atoms with E-state index in [0.717, 1.165) is 103 Å². The Morgan fingerprint density at radius 2 is 1.00 bits per heavy atom. The molecule has 1 fully saturated rings. The molecular formula is C49H95NO6. The molecule has 1 rings (SSSR count). The molecule has 2 atom stereocenters. The fourth-order valence-corrected chi connectivity index (χ4v) is 8.07. The topological polar surface area (TPSA) is 74.3 Å². The first-order valence-electron chi connectivity index (χ1n) is 24.7. The van der Waals surface area contributed by atoms with E-state index in [0.29, 0.717) is 26.1 Å². The van der Waals surface area contributed by atoms with Crippen molar-refractivity contribution in [2.24, 2.45) is 0 Å². The van der Waals surface area contributed by atoms with Crippen molar-refractivity contribution in [2.75, 3.05) is 33.9 Å². The zero-order chi connectivity index (χ0) is 40.8. The average molecular weight is 794 g/mol. The number of hydrogen-bond donors (Lipinski definition) is 0. The molecule has 0 aromatic rings. The van der Waals surface area contributed by atoms with E-state index < -0.39 is 5.79 Å². The predicted molar refractivity (Wildman–Crippen MR) is 236 cm³/mol. The van der Waals surface area contributed by atoms with E-state index in [2.05, 4.69) is 39.8 Å². The van der Waals surface area contributed by atoms with Crippen LogP contribution < -0.4 is 0 Å². The molecule has 0 aliphatic carbocycles. The van der Waals surface area contributed by atoms with Crippen molar-refractivity contribution in [1.82, 2.24) is 4.90 Å². The van der Waals surface area contributed by atoms with Crippen molar-refractivity contribution in [2.45, 2.75) is 270 Å². The average Bonchev–Trinajstić information content (AvgIpc) is 3.59. The van der Waals surface area contributed by atoms with E-state index in [9.17, 15) is 9.59 Å². The number of esters is 2. The molecule has 1 heterocycles. The molecule has 0 radical (unpaired) electrons. The molecule has 1 aliphatic rings. The molecule has 56 heavy (non-hydrogen) atoms. The number of rotatable bonds is 42. The van der Waals surface area contributed by atoms with Gasteiger partial charge in [0.05, 0.1) is 19.3 Å². The number of ether oxygens (including phenoxy) is 4. The van der Waals surface area contributed by atoms with Crippen molar-refractivity contribution in [1.29, 1.82) is 0 Å². The second-order valence-corrected chi connectivity index (χ2v) is 17.7.